The van der Waals surface area contributed by atoms with Gasteiger partial charge in [-0.3, -0.25) is 4.79 Å². The summed E-state index contributed by atoms with van der Waals surface area (Å²) >= 11 is 4.77. The molecule has 0 aliphatic heterocycles. The zero-order chi connectivity index (χ0) is 13.0. The third-order valence-corrected chi connectivity index (χ3v) is 4.26. The van der Waals surface area contributed by atoms with Crippen molar-refractivity contribution in [1.29, 1.82) is 0 Å². The van der Waals surface area contributed by atoms with E-state index in [0.717, 1.165) is 9.35 Å². The number of aliphatic hydroxyl groups is 1. The Morgan fingerprint density at radius 1 is 1.59 bits per heavy atom. The molecule has 96 valence electrons. The van der Waals surface area contributed by atoms with Crippen molar-refractivity contribution in [3.8, 4) is 0 Å². The predicted molar refractivity (Wildman–Crippen MR) is 71.9 cm³/mol. The molecule has 2 unspecified atom stereocenters. The monoisotopic (exact) mass is 320 g/mol. The Morgan fingerprint density at radius 2 is 2.24 bits per heavy atom. The van der Waals surface area contributed by atoms with E-state index < -0.39 is 12.0 Å². The van der Waals surface area contributed by atoms with Crippen molar-refractivity contribution < 1.29 is 14.6 Å². The topological polar surface area (TPSA) is 46.5 Å². The second-order valence-corrected chi connectivity index (χ2v) is 5.99. The first-order valence-electron chi connectivity index (χ1n) is 5.56. The third kappa shape index (κ3) is 3.79. The van der Waals surface area contributed by atoms with Crippen molar-refractivity contribution in [3.63, 3.8) is 0 Å². The quantitative estimate of drug-likeness (QED) is 0.846. The van der Waals surface area contributed by atoms with Gasteiger partial charge in [-0.05, 0) is 34.8 Å². The molecule has 3 nitrogen and oxygen atoms in total. The molecule has 0 saturated heterocycles. The molecule has 0 aromatic carbocycles. The standard InChI is InChI=1S/C12H17BrO3S/c1-4-16-12(15)10(7(2)3)11(14)9-5-8(13)6-17-9/h5-7,10-11,14H,4H2,1-3H3. The number of ether oxygens (including phenoxy) is 1. The maximum Gasteiger partial charge on any atom is 0.312 e. The van der Waals surface area contributed by atoms with Crippen LogP contribution in [0.1, 0.15) is 31.8 Å². The molecular weight excluding hydrogens is 304 g/mol. The van der Waals surface area contributed by atoms with Gasteiger partial charge in [-0.2, -0.15) is 0 Å². The van der Waals surface area contributed by atoms with E-state index in [1.165, 1.54) is 11.3 Å². The molecule has 0 radical (unpaired) electrons. The molecule has 1 rings (SSSR count). The first kappa shape index (κ1) is 14.7. The van der Waals surface area contributed by atoms with E-state index in [2.05, 4.69) is 15.9 Å². The fraction of sp³-hybridized carbons (Fsp3) is 0.583. The zero-order valence-electron chi connectivity index (χ0n) is 10.1. The molecule has 0 spiro atoms. The molecule has 1 N–H and O–H groups in total. The zero-order valence-corrected chi connectivity index (χ0v) is 12.5. The molecule has 1 aromatic rings. The third-order valence-electron chi connectivity index (χ3n) is 2.50. The minimum atomic E-state index is -0.801. The molecule has 0 aliphatic carbocycles. The van der Waals surface area contributed by atoms with Crippen LogP contribution in [-0.4, -0.2) is 17.7 Å². The van der Waals surface area contributed by atoms with Crippen LogP contribution in [0.2, 0.25) is 0 Å². The van der Waals surface area contributed by atoms with Crippen LogP contribution in [0.15, 0.2) is 15.9 Å². The van der Waals surface area contributed by atoms with Crippen LogP contribution in [0.25, 0.3) is 0 Å². The van der Waals surface area contributed by atoms with Crippen molar-refractivity contribution in [3.05, 3.63) is 20.8 Å². The minimum absolute atomic E-state index is 0.0323. The molecular formula is C12H17BrO3S. The molecule has 0 fully saturated rings. The molecule has 1 aromatic heterocycles. The smallest absolute Gasteiger partial charge is 0.312 e. The number of esters is 1. The van der Waals surface area contributed by atoms with E-state index in [-0.39, 0.29) is 11.9 Å². The Kier molecular flexibility index (Phi) is 5.62. The van der Waals surface area contributed by atoms with Gasteiger partial charge in [0.1, 0.15) is 6.10 Å². The van der Waals surface area contributed by atoms with Crippen molar-refractivity contribution in [2.45, 2.75) is 26.9 Å². The molecule has 1 heterocycles. The lowest BCUT2D eigenvalue weighted by atomic mass is 9.89. The number of rotatable bonds is 5. The summed E-state index contributed by atoms with van der Waals surface area (Å²) in [5.74, 6) is -0.815. The van der Waals surface area contributed by atoms with Gasteiger partial charge in [-0.15, -0.1) is 11.3 Å². The van der Waals surface area contributed by atoms with Crippen LogP contribution in [0.5, 0.6) is 0 Å². The number of hydrogen-bond acceptors (Lipinski definition) is 4. The number of carbonyl (C=O) groups excluding carboxylic acids is 1. The summed E-state index contributed by atoms with van der Waals surface area (Å²) in [6, 6.07) is 1.84. The first-order valence-corrected chi connectivity index (χ1v) is 7.23. The minimum Gasteiger partial charge on any atom is -0.466 e. The Hall–Kier alpha value is -0.390. The molecule has 0 bridgehead atoms. The highest BCUT2D eigenvalue weighted by Crippen LogP contribution is 2.34. The lowest BCUT2D eigenvalue weighted by molar-refractivity contribution is -0.154. The van der Waals surface area contributed by atoms with Gasteiger partial charge < -0.3 is 9.84 Å². The molecule has 17 heavy (non-hydrogen) atoms. The number of thiophene rings is 1. The van der Waals surface area contributed by atoms with Crippen molar-refractivity contribution in [2.75, 3.05) is 6.61 Å². The molecule has 2 atom stereocenters. The van der Waals surface area contributed by atoms with Gasteiger partial charge in [-0.25, -0.2) is 0 Å². The Labute approximate surface area is 114 Å². The van der Waals surface area contributed by atoms with E-state index in [1.54, 1.807) is 6.92 Å². The lowest BCUT2D eigenvalue weighted by Crippen LogP contribution is -2.28. The van der Waals surface area contributed by atoms with Crippen LogP contribution in [0.4, 0.5) is 0 Å². The Bertz CT molecular complexity index is 376. The average Bonchev–Trinajstić information content (AvgIpc) is 2.64. The van der Waals surface area contributed by atoms with E-state index >= 15 is 0 Å². The summed E-state index contributed by atoms with van der Waals surface area (Å²) in [6.07, 6.45) is -0.801. The van der Waals surface area contributed by atoms with E-state index in [9.17, 15) is 9.90 Å². The molecule has 0 saturated carbocycles. The summed E-state index contributed by atoms with van der Waals surface area (Å²) in [5.41, 5.74) is 0. The largest absolute Gasteiger partial charge is 0.466 e. The van der Waals surface area contributed by atoms with Crippen LogP contribution < -0.4 is 0 Å². The predicted octanol–water partition coefficient (Wildman–Crippen LogP) is 3.38. The molecule has 5 heteroatoms. The lowest BCUT2D eigenvalue weighted by Gasteiger charge is -2.23. The van der Waals surface area contributed by atoms with Gasteiger partial charge in [0.15, 0.2) is 0 Å². The number of hydrogen-bond donors (Lipinski definition) is 1. The van der Waals surface area contributed by atoms with Crippen molar-refractivity contribution in [1.82, 2.24) is 0 Å². The number of aliphatic hydroxyl groups excluding tert-OH is 1. The second-order valence-electron chi connectivity index (χ2n) is 4.13. The Balaban J connectivity index is 2.87. The van der Waals surface area contributed by atoms with Gasteiger partial charge in [0, 0.05) is 14.7 Å². The fourth-order valence-electron chi connectivity index (χ4n) is 1.66. The van der Waals surface area contributed by atoms with Gasteiger partial charge >= 0.3 is 5.97 Å². The van der Waals surface area contributed by atoms with Gasteiger partial charge in [0.2, 0.25) is 0 Å². The van der Waals surface area contributed by atoms with E-state index in [0.29, 0.717) is 6.61 Å². The van der Waals surface area contributed by atoms with Crippen LogP contribution in [-0.2, 0) is 9.53 Å². The number of carbonyl (C=O) groups is 1. The highest BCUT2D eigenvalue weighted by atomic mass is 79.9. The normalized spacial score (nSPS) is 14.7. The maximum absolute atomic E-state index is 11.8. The molecule has 0 aliphatic rings. The second kappa shape index (κ2) is 6.52. The maximum atomic E-state index is 11.8. The van der Waals surface area contributed by atoms with Crippen LogP contribution in [0, 0.1) is 11.8 Å². The van der Waals surface area contributed by atoms with Crippen molar-refractivity contribution >= 4 is 33.2 Å². The Morgan fingerprint density at radius 3 is 2.65 bits per heavy atom. The highest BCUT2D eigenvalue weighted by Gasteiger charge is 2.32. The van der Waals surface area contributed by atoms with E-state index in [4.69, 9.17) is 4.74 Å². The van der Waals surface area contributed by atoms with Crippen LogP contribution >= 0.6 is 27.3 Å². The summed E-state index contributed by atoms with van der Waals surface area (Å²) in [7, 11) is 0. The summed E-state index contributed by atoms with van der Waals surface area (Å²) in [5, 5.41) is 12.1. The average molecular weight is 321 g/mol. The fourth-order valence-corrected chi connectivity index (χ4v) is 3.14. The number of halogens is 1. The highest BCUT2D eigenvalue weighted by molar-refractivity contribution is 9.10. The van der Waals surface area contributed by atoms with Crippen LogP contribution in [0.3, 0.4) is 0 Å². The summed E-state index contributed by atoms with van der Waals surface area (Å²) < 4.78 is 5.93. The summed E-state index contributed by atoms with van der Waals surface area (Å²) in [4.78, 5) is 12.6. The first-order chi connectivity index (χ1) is 7.97. The van der Waals surface area contributed by atoms with Gasteiger partial charge in [-0.1, -0.05) is 13.8 Å². The van der Waals surface area contributed by atoms with Gasteiger partial charge in [0.25, 0.3) is 0 Å². The molecule has 0 amide bonds. The van der Waals surface area contributed by atoms with Crippen molar-refractivity contribution in [2.24, 2.45) is 11.8 Å². The van der Waals surface area contributed by atoms with Gasteiger partial charge in [0.05, 0.1) is 12.5 Å². The SMILES string of the molecule is CCOC(=O)C(C(C)C)C(O)c1cc(Br)cs1. The van der Waals surface area contributed by atoms with E-state index in [1.807, 2.05) is 25.3 Å². The summed E-state index contributed by atoms with van der Waals surface area (Å²) in [6.45, 7) is 5.92.